The molecule has 0 aliphatic carbocycles. The lowest BCUT2D eigenvalue weighted by Crippen LogP contribution is -2.37. The molecule has 0 amide bonds. The summed E-state index contributed by atoms with van der Waals surface area (Å²) < 4.78 is 21.6. The first-order valence-electron chi connectivity index (χ1n) is 9.09. The van der Waals surface area contributed by atoms with Gasteiger partial charge in [0.25, 0.3) is 0 Å². The highest BCUT2D eigenvalue weighted by molar-refractivity contribution is 5.80. The van der Waals surface area contributed by atoms with Gasteiger partial charge in [-0.25, -0.2) is 4.99 Å². The van der Waals surface area contributed by atoms with E-state index in [9.17, 15) is 0 Å². The molecule has 7 heteroatoms. The molecular weight excluding hydrogens is 358 g/mol. The maximum Gasteiger partial charge on any atom is 0.191 e. The maximum atomic E-state index is 5.50. The average molecular weight is 387 g/mol. The van der Waals surface area contributed by atoms with E-state index in [1.807, 2.05) is 43.3 Å². The van der Waals surface area contributed by atoms with Crippen molar-refractivity contribution in [3.05, 3.63) is 47.5 Å². The van der Waals surface area contributed by atoms with E-state index in [1.165, 1.54) is 0 Å². The third-order valence-electron chi connectivity index (χ3n) is 4.15. The van der Waals surface area contributed by atoms with Crippen LogP contribution in [0, 0.1) is 0 Å². The van der Waals surface area contributed by atoms with E-state index in [-0.39, 0.29) is 0 Å². The number of benzene rings is 2. The van der Waals surface area contributed by atoms with Gasteiger partial charge < -0.3 is 29.6 Å². The quantitative estimate of drug-likeness (QED) is 0.509. The predicted octanol–water partition coefficient (Wildman–Crippen LogP) is 2.98. The lowest BCUT2D eigenvalue weighted by molar-refractivity contribution is 0.368. The minimum atomic E-state index is 0.486. The van der Waals surface area contributed by atoms with Gasteiger partial charge in [-0.2, -0.15) is 0 Å². The second-order valence-electron chi connectivity index (χ2n) is 5.91. The molecule has 0 spiro atoms. The number of nitrogens with zero attached hydrogens (tertiary/aromatic N) is 1. The van der Waals surface area contributed by atoms with Gasteiger partial charge in [-0.3, -0.25) is 0 Å². The van der Waals surface area contributed by atoms with Gasteiger partial charge >= 0.3 is 0 Å². The van der Waals surface area contributed by atoms with Crippen molar-refractivity contribution in [3.63, 3.8) is 0 Å². The minimum absolute atomic E-state index is 0.486. The van der Waals surface area contributed by atoms with Crippen molar-refractivity contribution < 1.29 is 18.9 Å². The van der Waals surface area contributed by atoms with Crippen LogP contribution >= 0.6 is 0 Å². The molecule has 0 heterocycles. The van der Waals surface area contributed by atoms with E-state index < -0.39 is 0 Å². The Kier molecular flexibility index (Phi) is 8.27. The Labute approximate surface area is 166 Å². The maximum absolute atomic E-state index is 5.50. The summed E-state index contributed by atoms with van der Waals surface area (Å²) in [5.74, 6) is 3.57. The van der Waals surface area contributed by atoms with Crippen molar-refractivity contribution in [2.75, 3.05) is 35.0 Å². The SMILES string of the molecule is CCNC(=NCc1cccc(OC)c1)NCc1c(OC)cc(OC)cc1OC. The molecule has 28 heavy (non-hydrogen) atoms. The number of hydrogen-bond acceptors (Lipinski definition) is 5. The highest BCUT2D eigenvalue weighted by Gasteiger charge is 2.13. The summed E-state index contributed by atoms with van der Waals surface area (Å²) in [4.78, 5) is 4.65. The lowest BCUT2D eigenvalue weighted by atomic mass is 10.1. The molecular formula is C21H29N3O4. The number of nitrogens with one attached hydrogen (secondary N) is 2. The Morgan fingerprint density at radius 2 is 1.54 bits per heavy atom. The summed E-state index contributed by atoms with van der Waals surface area (Å²) >= 11 is 0. The van der Waals surface area contributed by atoms with Crippen molar-refractivity contribution in [2.45, 2.75) is 20.0 Å². The van der Waals surface area contributed by atoms with Crippen LogP contribution in [0.2, 0.25) is 0 Å². The topological polar surface area (TPSA) is 73.3 Å². The van der Waals surface area contributed by atoms with Crippen molar-refractivity contribution >= 4 is 5.96 Å². The fourth-order valence-corrected chi connectivity index (χ4v) is 2.71. The van der Waals surface area contributed by atoms with Gasteiger partial charge in [0.2, 0.25) is 0 Å². The molecule has 0 radical (unpaired) electrons. The van der Waals surface area contributed by atoms with E-state index >= 15 is 0 Å². The number of ether oxygens (including phenoxy) is 4. The molecule has 2 rings (SSSR count). The van der Waals surface area contributed by atoms with Crippen molar-refractivity contribution in [1.29, 1.82) is 0 Å². The van der Waals surface area contributed by atoms with Crippen LogP contribution in [0.4, 0.5) is 0 Å². The molecule has 0 aromatic heterocycles. The van der Waals surface area contributed by atoms with E-state index in [1.54, 1.807) is 28.4 Å². The largest absolute Gasteiger partial charge is 0.497 e. The number of guanidine groups is 1. The fraction of sp³-hybridized carbons (Fsp3) is 0.381. The predicted molar refractivity (Wildman–Crippen MR) is 111 cm³/mol. The third kappa shape index (κ3) is 5.70. The molecule has 0 bridgehead atoms. The summed E-state index contributed by atoms with van der Waals surface area (Å²) in [5.41, 5.74) is 1.95. The van der Waals surface area contributed by atoms with Crippen LogP contribution < -0.4 is 29.6 Å². The van der Waals surface area contributed by atoms with E-state index in [2.05, 4.69) is 15.6 Å². The van der Waals surface area contributed by atoms with Crippen molar-refractivity contribution in [1.82, 2.24) is 10.6 Å². The van der Waals surface area contributed by atoms with E-state index in [0.29, 0.717) is 36.3 Å². The molecule has 2 aromatic rings. The lowest BCUT2D eigenvalue weighted by Gasteiger charge is -2.17. The Balaban J connectivity index is 2.16. The van der Waals surface area contributed by atoms with Gasteiger partial charge in [0.1, 0.15) is 23.0 Å². The minimum Gasteiger partial charge on any atom is -0.497 e. The number of hydrogen-bond donors (Lipinski definition) is 2. The zero-order chi connectivity index (χ0) is 20.4. The molecule has 152 valence electrons. The summed E-state index contributed by atoms with van der Waals surface area (Å²) in [6.45, 7) is 3.79. The first-order chi connectivity index (χ1) is 13.6. The smallest absolute Gasteiger partial charge is 0.191 e. The Morgan fingerprint density at radius 1 is 0.857 bits per heavy atom. The van der Waals surface area contributed by atoms with Gasteiger partial charge in [0, 0.05) is 18.7 Å². The molecule has 7 nitrogen and oxygen atoms in total. The molecule has 0 aliphatic rings. The van der Waals surface area contributed by atoms with Gasteiger partial charge in [-0.05, 0) is 24.6 Å². The Hall–Kier alpha value is -3.09. The summed E-state index contributed by atoms with van der Waals surface area (Å²) in [6.07, 6.45) is 0. The van der Waals surface area contributed by atoms with Gasteiger partial charge in [-0.1, -0.05) is 12.1 Å². The second kappa shape index (κ2) is 10.9. The molecule has 0 unspecified atom stereocenters. The average Bonchev–Trinajstić information content (AvgIpc) is 2.75. The Morgan fingerprint density at radius 3 is 2.11 bits per heavy atom. The second-order valence-corrected chi connectivity index (χ2v) is 5.91. The zero-order valence-electron chi connectivity index (χ0n) is 17.2. The Bertz CT molecular complexity index is 768. The normalized spacial score (nSPS) is 11.0. The summed E-state index contributed by atoms with van der Waals surface area (Å²) in [7, 11) is 6.52. The first kappa shape index (κ1) is 21.2. The monoisotopic (exact) mass is 387 g/mol. The molecule has 0 fully saturated rings. The highest BCUT2D eigenvalue weighted by Crippen LogP contribution is 2.33. The third-order valence-corrected chi connectivity index (χ3v) is 4.15. The van der Waals surface area contributed by atoms with E-state index in [4.69, 9.17) is 18.9 Å². The van der Waals surface area contributed by atoms with Crippen LogP contribution in [-0.4, -0.2) is 40.9 Å². The van der Waals surface area contributed by atoms with Crippen molar-refractivity contribution in [2.24, 2.45) is 4.99 Å². The van der Waals surface area contributed by atoms with Crippen LogP contribution in [0.1, 0.15) is 18.1 Å². The first-order valence-corrected chi connectivity index (χ1v) is 9.09. The standard InChI is InChI=1S/C21H29N3O4/c1-6-22-21(23-13-15-8-7-9-16(10-15)25-2)24-14-18-19(27-4)11-17(26-3)12-20(18)28-5/h7-12H,6,13-14H2,1-5H3,(H2,22,23,24). The number of aliphatic imine (C=N–C) groups is 1. The summed E-state index contributed by atoms with van der Waals surface area (Å²) in [5, 5.41) is 6.58. The molecule has 0 saturated carbocycles. The van der Waals surface area contributed by atoms with Crippen LogP contribution in [-0.2, 0) is 13.1 Å². The van der Waals surface area contributed by atoms with Gasteiger partial charge in [0.15, 0.2) is 5.96 Å². The van der Waals surface area contributed by atoms with Crippen molar-refractivity contribution in [3.8, 4) is 23.0 Å². The molecule has 0 saturated heterocycles. The van der Waals surface area contributed by atoms with Gasteiger partial charge in [0.05, 0.1) is 47.1 Å². The van der Waals surface area contributed by atoms with Crippen LogP contribution in [0.5, 0.6) is 23.0 Å². The van der Waals surface area contributed by atoms with Crippen LogP contribution in [0.3, 0.4) is 0 Å². The summed E-state index contributed by atoms with van der Waals surface area (Å²) in [6, 6.07) is 11.5. The molecule has 2 aromatic carbocycles. The number of rotatable bonds is 9. The molecule has 0 aliphatic heterocycles. The van der Waals surface area contributed by atoms with Crippen LogP contribution in [0.25, 0.3) is 0 Å². The van der Waals surface area contributed by atoms with E-state index in [0.717, 1.165) is 23.4 Å². The fourth-order valence-electron chi connectivity index (χ4n) is 2.71. The van der Waals surface area contributed by atoms with Crippen LogP contribution in [0.15, 0.2) is 41.4 Å². The highest BCUT2D eigenvalue weighted by atomic mass is 16.5. The zero-order valence-corrected chi connectivity index (χ0v) is 17.2. The molecule has 0 atom stereocenters. The number of methoxy groups -OCH3 is 4. The van der Waals surface area contributed by atoms with Gasteiger partial charge in [-0.15, -0.1) is 0 Å². The molecule has 2 N–H and O–H groups in total.